The average Bonchev–Trinajstić information content (AvgIpc) is 3.41. The van der Waals surface area contributed by atoms with Crippen molar-refractivity contribution in [3.05, 3.63) is 41.0 Å². The Morgan fingerprint density at radius 1 is 1.21 bits per heavy atom. The van der Waals surface area contributed by atoms with Gasteiger partial charge in [0.2, 0.25) is 5.95 Å². The van der Waals surface area contributed by atoms with E-state index in [1.54, 1.807) is 28.4 Å². The fourth-order valence-electron chi connectivity index (χ4n) is 3.81. The summed E-state index contributed by atoms with van der Waals surface area (Å²) in [6.45, 7) is 16.5. The number of amides is 1. The monoisotopic (exact) mass is 498 g/mol. The molecule has 0 spiro atoms. The number of carbonyl (C=O) groups excluding carboxylic acids is 1. The second kappa shape index (κ2) is 8.58. The molecule has 1 amide bonds. The van der Waals surface area contributed by atoms with Gasteiger partial charge in [-0.25, -0.2) is 9.97 Å². The first-order valence-electron chi connectivity index (χ1n) is 11.5. The van der Waals surface area contributed by atoms with Crippen LogP contribution in [0, 0.1) is 0 Å². The van der Waals surface area contributed by atoms with E-state index in [1.165, 1.54) is 0 Å². The molecule has 182 valence electrons. The minimum atomic E-state index is -1.86. The van der Waals surface area contributed by atoms with Gasteiger partial charge in [0.05, 0.1) is 34.5 Å². The second-order valence-corrected chi connectivity index (χ2v) is 16.6. The Bertz CT molecular complexity index is 1210. The van der Waals surface area contributed by atoms with Crippen molar-refractivity contribution in [2.45, 2.75) is 58.3 Å². The lowest BCUT2D eigenvalue weighted by Gasteiger charge is -2.38. The van der Waals surface area contributed by atoms with Gasteiger partial charge < -0.3 is 14.6 Å². The third kappa shape index (κ3) is 4.41. The SMILES string of the molecule is Cn1nccc1Nc1nccc(-c2cc3c(s2)C(C)(C)N(CCO[Si](C)(C)C(C)(C)C)C3=O)n1. The number of anilines is 2. The molecule has 1 aliphatic rings. The fraction of sp³-hybridized carbons (Fsp3) is 0.500. The molecular weight excluding hydrogens is 464 g/mol. The van der Waals surface area contributed by atoms with Gasteiger partial charge in [-0.05, 0) is 44.1 Å². The summed E-state index contributed by atoms with van der Waals surface area (Å²) in [7, 11) is -0.00169. The van der Waals surface area contributed by atoms with E-state index >= 15 is 0 Å². The van der Waals surface area contributed by atoms with Crippen molar-refractivity contribution in [2.75, 3.05) is 18.5 Å². The zero-order valence-corrected chi connectivity index (χ0v) is 23.1. The smallest absolute Gasteiger partial charge is 0.255 e. The number of aryl methyl sites for hydroxylation is 1. The molecule has 3 aromatic heterocycles. The van der Waals surface area contributed by atoms with Crippen molar-refractivity contribution >= 4 is 37.3 Å². The van der Waals surface area contributed by atoms with E-state index in [-0.39, 0.29) is 10.9 Å². The van der Waals surface area contributed by atoms with E-state index in [1.807, 2.05) is 30.1 Å². The van der Waals surface area contributed by atoms with Crippen LogP contribution in [-0.2, 0) is 17.0 Å². The number of nitrogens with zero attached hydrogens (tertiary/aromatic N) is 5. The number of aromatic nitrogens is 4. The van der Waals surface area contributed by atoms with E-state index in [9.17, 15) is 4.79 Å². The molecular formula is C24H34N6O2SSi. The van der Waals surface area contributed by atoms with Crippen LogP contribution in [0.2, 0.25) is 18.1 Å². The zero-order chi connectivity index (χ0) is 24.9. The quantitative estimate of drug-likeness (QED) is 0.439. The molecule has 10 heteroatoms. The molecule has 0 saturated carbocycles. The van der Waals surface area contributed by atoms with E-state index in [2.05, 4.69) is 68.1 Å². The summed E-state index contributed by atoms with van der Waals surface area (Å²) in [5, 5.41) is 7.49. The molecule has 34 heavy (non-hydrogen) atoms. The highest BCUT2D eigenvalue weighted by Gasteiger charge is 2.45. The van der Waals surface area contributed by atoms with E-state index < -0.39 is 13.9 Å². The Morgan fingerprint density at radius 3 is 2.56 bits per heavy atom. The van der Waals surface area contributed by atoms with Crippen molar-refractivity contribution in [1.82, 2.24) is 24.6 Å². The molecule has 3 aromatic rings. The van der Waals surface area contributed by atoms with Crippen LogP contribution in [0.1, 0.15) is 49.9 Å². The van der Waals surface area contributed by atoms with E-state index in [0.717, 1.165) is 26.8 Å². The maximum absolute atomic E-state index is 13.4. The van der Waals surface area contributed by atoms with Gasteiger partial charge in [0.15, 0.2) is 8.32 Å². The maximum Gasteiger partial charge on any atom is 0.255 e. The Balaban J connectivity index is 1.51. The lowest BCUT2D eigenvalue weighted by molar-refractivity contribution is 0.0571. The largest absolute Gasteiger partial charge is 0.415 e. The highest BCUT2D eigenvalue weighted by molar-refractivity contribution is 7.16. The van der Waals surface area contributed by atoms with Crippen LogP contribution in [0.15, 0.2) is 30.6 Å². The molecule has 4 heterocycles. The molecule has 0 saturated heterocycles. The molecule has 0 radical (unpaired) electrons. The fourth-order valence-corrected chi connectivity index (χ4v) is 6.08. The summed E-state index contributed by atoms with van der Waals surface area (Å²) in [4.78, 5) is 26.3. The van der Waals surface area contributed by atoms with Crippen LogP contribution in [0.5, 0.6) is 0 Å². The predicted octanol–water partition coefficient (Wildman–Crippen LogP) is 5.39. The summed E-state index contributed by atoms with van der Waals surface area (Å²) in [5.41, 5.74) is 1.15. The van der Waals surface area contributed by atoms with Gasteiger partial charge in [0, 0.05) is 30.7 Å². The summed E-state index contributed by atoms with van der Waals surface area (Å²) in [6.07, 6.45) is 3.44. The molecule has 1 N–H and O–H groups in total. The molecule has 0 atom stereocenters. The first-order valence-corrected chi connectivity index (χ1v) is 15.2. The van der Waals surface area contributed by atoms with Crippen LogP contribution >= 0.6 is 11.3 Å². The molecule has 4 rings (SSSR count). The third-order valence-corrected chi connectivity index (χ3v) is 13.0. The van der Waals surface area contributed by atoms with Gasteiger partial charge in [-0.15, -0.1) is 11.3 Å². The molecule has 0 fully saturated rings. The van der Waals surface area contributed by atoms with Crippen LogP contribution in [0.4, 0.5) is 11.8 Å². The highest BCUT2D eigenvalue weighted by Crippen LogP contribution is 2.46. The Kier molecular flexibility index (Phi) is 6.20. The van der Waals surface area contributed by atoms with Gasteiger partial charge in [-0.2, -0.15) is 5.10 Å². The summed E-state index contributed by atoms with van der Waals surface area (Å²) in [6, 6.07) is 5.70. The maximum atomic E-state index is 13.4. The lowest BCUT2D eigenvalue weighted by atomic mass is 10.0. The average molecular weight is 499 g/mol. The van der Waals surface area contributed by atoms with Gasteiger partial charge in [0.25, 0.3) is 5.91 Å². The summed E-state index contributed by atoms with van der Waals surface area (Å²) < 4.78 is 8.07. The topological polar surface area (TPSA) is 85.2 Å². The van der Waals surface area contributed by atoms with Crippen molar-refractivity contribution in [3.8, 4) is 10.6 Å². The molecule has 0 bridgehead atoms. The van der Waals surface area contributed by atoms with Crippen molar-refractivity contribution in [1.29, 1.82) is 0 Å². The van der Waals surface area contributed by atoms with Crippen LogP contribution in [0.3, 0.4) is 0 Å². The highest BCUT2D eigenvalue weighted by atomic mass is 32.1. The number of rotatable bonds is 7. The van der Waals surface area contributed by atoms with E-state index in [0.29, 0.717) is 19.1 Å². The first-order chi connectivity index (χ1) is 15.8. The summed E-state index contributed by atoms with van der Waals surface area (Å²) >= 11 is 1.62. The second-order valence-electron chi connectivity index (χ2n) is 10.7. The van der Waals surface area contributed by atoms with Gasteiger partial charge >= 0.3 is 0 Å². The summed E-state index contributed by atoms with van der Waals surface area (Å²) in [5.74, 6) is 1.35. The van der Waals surface area contributed by atoms with Crippen molar-refractivity contribution in [3.63, 3.8) is 0 Å². The number of hydrogen-bond donors (Lipinski definition) is 1. The number of fused-ring (bicyclic) bond motifs is 1. The molecule has 0 aromatic carbocycles. The first kappa shape index (κ1) is 24.6. The van der Waals surface area contributed by atoms with Crippen LogP contribution < -0.4 is 5.32 Å². The van der Waals surface area contributed by atoms with Gasteiger partial charge in [-0.1, -0.05) is 20.8 Å². The zero-order valence-electron chi connectivity index (χ0n) is 21.3. The van der Waals surface area contributed by atoms with Crippen LogP contribution in [0.25, 0.3) is 10.6 Å². The van der Waals surface area contributed by atoms with E-state index in [4.69, 9.17) is 4.43 Å². The Labute approximate surface area is 206 Å². The molecule has 0 unspecified atom stereocenters. The standard InChI is InChI=1S/C24H34N6O2SSi/c1-23(2,3)34(7,8)32-14-13-30-21(31)16-15-18(33-20(16)24(30,4)5)17-9-11-25-22(27-17)28-19-10-12-26-29(19)6/h9-12,15H,13-14H2,1-8H3,(H,25,27,28). The Hall–Kier alpha value is -2.56. The minimum Gasteiger partial charge on any atom is -0.415 e. The molecule has 8 nitrogen and oxygen atoms in total. The Morgan fingerprint density at radius 2 is 1.94 bits per heavy atom. The lowest BCUT2D eigenvalue weighted by Crippen LogP contribution is -2.45. The van der Waals surface area contributed by atoms with Gasteiger partial charge in [-0.3, -0.25) is 9.48 Å². The van der Waals surface area contributed by atoms with Crippen molar-refractivity contribution in [2.24, 2.45) is 7.05 Å². The third-order valence-electron chi connectivity index (χ3n) is 6.99. The minimum absolute atomic E-state index is 0.0589. The molecule has 1 aliphatic heterocycles. The van der Waals surface area contributed by atoms with Gasteiger partial charge in [0.1, 0.15) is 5.82 Å². The number of hydrogen-bond acceptors (Lipinski definition) is 7. The normalized spacial score (nSPS) is 15.6. The predicted molar refractivity (Wildman–Crippen MR) is 139 cm³/mol. The van der Waals surface area contributed by atoms with Crippen molar-refractivity contribution < 1.29 is 9.22 Å². The number of nitrogens with one attached hydrogen (secondary N) is 1. The van der Waals surface area contributed by atoms with Crippen LogP contribution in [-0.4, -0.2) is 52.0 Å². The molecule has 0 aliphatic carbocycles. The number of carbonyl (C=O) groups is 1. The number of thiophene rings is 1.